The van der Waals surface area contributed by atoms with Crippen LogP contribution in [0.2, 0.25) is 0 Å². The van der Waals surface area contributed by atoms with Crippen molar-refractivity contribution in [2.75, 3.05) is 23.3 Å². The predicted octanol–water partition coefficient (Wildman–Crippen LogP) is 4.22. The number of hydrogen-bond donors (Lipinski definition) is 2. The topological polar surface area (TPSA) is 93.7 Å². The largest absolute Gasteiger partial charge is 0.492 e. The number of halogens is 1. The maximum Gasteiger partial charge on any atom is 0.411 e. The average molecular weight is 443 g/mol. The van der Waals surface area contributed by atoms with Gasteiger partial charge in [-0.2, -0.15) is 0 Å². The van der Waals surface area contributed by atoms with E-state index in [4.69, 9.17) is 9.47 Å². The molecular weight excluding hydrogens is 424 g/mol. The van der Waals surface area contributed by atoms with Gasteiger partial charge in [0, 0.05) is 10.2 Å². The summed E-state index contributed by atoms with van der Waals surface area (Å²) in [5.41, 5.74) is 0.631. The summed E-state index contributed by atoms with van der Waals surface area (Å²) in [7, 11) is -3.84. The fraction of sp³-hybridized carbons (Fsp3) is 0.235. The number of sulfonamides is 1. The van der Waals surface area contributed by atoms with Gasteiger partial charge in [0.05, 0.1) is 23.8 Å². The van der Waals surface area contributed by atoms with E-state index in [9.17, 15) is 13.2 Å². The van der Waals surface area contributed by atoms with E-state index in [1.165, 1.54) is 18.2 Å². The minimum atomic E-state index is -3.84. The molecule has 2 aromatic carbocycles. The first-order valence-corrected chi connectivity index (χ1v) is 10.1. The van der Waals surface area contributed by atoms with E-state index >= 15 is 0 Å². The number of carbonyl (C=O) groups is 1. The third-order valence-electron chi connectivity index (χ3n) is 3.17. The number of rotatable bonds is 7. The van der Waals surface area contributed by atoms with Gasteiger partial charge in [0.15, 0.2) is 0 Å². The van der Waals surface area contributed by atoms with Gasteiger partial charge in [-0.3, -0.25) is 10.0 Å². The molecule has 0 saturated heterocycles. The van der Waals surface area contributed by atoms with Crippen LogP contribution < -0.4 is 14.8 Å². The zero-order valence-electron chi connectivity index (χ0n) is 14.3. The number of carbonyl (C=O) groups excluding carboxylic acids is 1. The Morgan fingerprint density at radius 2 is 1.77 bits per heavy atom. The van der Waals surface area contributed by atoms with Gasteiger partial charge in [-0.1, -0.05) is 15.9 Å². The first-order chi connectivity index (χ1) is 12.4. The van der Waals surface area contributed by atoms with Gasteiger partial charge in [0.25, 0.3) is 10.0 Å². The van der Waals surface area contributed by atoms with E-state index in [-0.39, 0.29) is 17.2 Å². The van der Waals surface area contributed by atoms with Crippen molar-refractivity contribution in [1.29, 1.82) is 0 Å². The highest BCUT2D eigenvalue weighted by Gasteiger charge is 2.18. The predicted molar refractivity (Wildman–Crippen MR) is 103 cm³/mol. The fourth-order valence-corrected chi connectivity index (χ4v) is 3.41. The van der Waals surface area contributed by atoms with E-state index in [0.29, 0.717) is 18.0 Å². The highest BCUT2D eigenvalue weighted by Crippen LogP contribution is 2.29. The minimum Gasteiger partial charge on any atom is -0.492 e. The molecule has 0 aromatic heterocycles. The van der Waals surface area contributed by atoms with Crippen LogP contribution in [0.4, 0.5) is 16.2 Å². The molecule has 7 nitrogen and oxygen atoms in total. The lowest BCUT2D eigenvalue weighted by atomic mass is 10.3. The van der Waals surface area contributed by atoms with Crippen molar-refractivity contribution in [3.63, 3.8) is 0 Å². The Bertz CT molecular complexity index is 869. The van der Waals surface area contributed by atoms with E-state index in [1.807, 2.05) is 0 Å². The fourth-order valence-electron chi connectivity index (χ4n) is 2.06. The summed E-state index contributed by atoms with van der Waals surface area (Å²) < 4.78 is 38.8. The van der Waals surface area contributed by atoms with Crippen LogP contribution >= 0.6 is 15.9 Å². The Hall–Kier alpha value is -2.26. The molecule has 26 heavy (non-hydrogen) atoms. The number of benzene rings is 2. The second-order valence-electron chi connectivity index (χ2n) is 5.05. The molecular formula is C17H19BrN2O5S. The monoisotopic (exact) mass is 442 g/mol. The van der Waals surface area contributed by atoms with Crippen LogP contribution in [0.3, 0.4) is 0 Å². The lowest BCUT2D eigenvalue weighted by molar-refractivity contribution is 0.167. The molecule has 2 N–H and O–H groups in total. The third-order valence-corrected chi connectivity index (χ3v) is 5.08. The molecule has 0 aliphatic rings. The summed E-state index contributed by atoms with van der Waals surface area (Å²) in [4.78, 5) is 11.7. The van der Waals surface area contributed by atoms with Crippen molar-refractivity contribution in [2.24, 2.45) is 0 Å². The van der Waals surface area contributed by atoms with Crippen molar-refractivity contribution < 1.29 is 22.7 Å². The van der Waals surface area contributed by atoms with Gasteiger partial charge in [-0.25, -0.2) is 13.2 Å². The normalized spacial score (nSPS) is 10.9. The molecule has 9 heteroatoms. The van der Waals surface area contributed by atoms with E-state index in [0.717, 1.165) is 4.47 Å². The van der Waals surface area contributed by atoms with Crippen molar-refractivity contribution in [3.05, 3.63) is 46.9 Å². The van der Waals surface area contributed by atoms with Crippen molar-refractivity contribution in [2.45, 2.75) is 18.7 Å². The second kappa shape index (κ2) is 8.91. The highest BCUT2D eigenvalue weighted by atomic mass is 79.9. The van der Waals surface area contributed by atoms with Crippen LogP contribution in [0.25, 0.3) is 0 Å². The summed E-state index contributed by atoms with van der Waals surface area (Å²) >= 11 is 3.29. The van der Waals surface area contributed by atoms with Gasteiger partial charge in [0.1, 0.15) is 5.75 Å². The molecule has 0 aliphatic heterocycles. The van der Waals surface area contributed by atoms with Gasteiger partial charge in [-0.05, 0) is 56.3 Å². The lowest BCUT2D eigenvalue weighted by Gasteiger charge is -2.14. The van der Waals surface area contributed by atoms with Crippen LogP contribution in [0.5, 0.6) is 5.75 Å². The molecule has 0 bridgehead atoms. The first kappa shape index (κ1) is 20.1. The highest BCUT2D eigenvalue weighted by molar-refractivity contribution is 9.10. The SMILES string of the molecule is CCOC(=O)Nc1cc(S(=O)(=O)Nc2ccc(Br)cc2)ccc1OCC. The summed E-state index contributed by atoms with van der Waals surface area (Å²) in [6.07, 6.45) is -0.691. The quantitative estimate of drug-likeness (QED) is 0.669. The summed E-state index contributed by atoms with van der Waals surface area (Å²) in [6.45, 7) is 4.01. The zero-order valence-corrected chi connectivity index (χ0v) is 16.7. The summed E-state index contributed by atoms with van der Waals surface area (Å²) in [5.74, 6) is 0.350. The molecule has 0 atom stereocenters. The first-order valence-electron chi connectivity index (χ1n) is 7.84. The Morgan fingerprint density at radius 3 is 2.38 bits per heavy atom. The Balaban J connectivity index is 2.32. The Morgan fingerprint density at radius 1 is 1.08 bits per heavy atom. The molecule has 0 heterocycles. The summed E-state index contributed by atoms with van der Waals surface area (Å²) in [5, 5.41) is 2.50. The smallest absolute Gasteiger partial charge is 0.411 e. The van der Waals surface area contributed by atoms with Crippen molar-refractivity contribution in [1.82, 2.24) is 0 Å². The molecule has 0 saturated carbocycles. The Labute approximate surface area is 160 Å². The zero-order chi connectivity index (χ0) is 19.2. The van der Waals surface area contributed by atoms with Crippen LogP contribution in [0.1, 0.15) is 13.8 Å². The van der Waals surface area contributed by atoms with Crippen LogP contribution in [-0.2, 0) is 14.8 Å². The molecule has 0 fully saturated rings. The number of hydrogen-bond acceptors (Lipinski definition) is 5. The molecule has 2 aromatic rings. The van der Waals surface area contributed by atoms with Gasteiger partial charge in [0.2, 0.25) is 0 Å². The molecule has 1 amide bonds. The molecule has 0 unspecified atom stereocenters. The van der Waals surface area contributed by atoms with Crippen molar-refractivity contribution in [3.8, 4) is 5.75 Å². The lowest BCUT2D eigenvalue weighted by Crippen LogP contribution is -2.16. The van der Waals surface area contributed by atoms with Crippen LogP contribution in [0, 0.1) is 0 Å². The maximum atomic E-state index is 12.6. The molecule has 140 valence electrons. The molecule has 0 aliphatic carbocycles. The van der Waals surface area contributed by atoms with Gasteiger partial charge < -0.3 is 9.47 Å². The summed E-state index contributed by atoms with van der Waals surface area (Å²) in [6, 6.07) is 10.9. The average Bonchev–Trinajstić information content (AvgIpc) is 2.58. The molecule has 0 spiro atoms. The number of ether oxygens (including phenoxy) is 2. The maximum absolute atomic E-state index is 12.6. The van der Waals surface area contributed by atoms with Crippen LogP contribution in [0.15, 0.2) is 51.8 Å². The van der Waals surface area contributed by atoms with E-state index < -0.39 is 16.1 Å². The molecule has 2 rings (SSSR count). The third kappa shape index (κ3) is 5.37. The second-order valence-corrected chi connectivity index (χ2v) is 7.65. The number of anilines is 2. The number of nitrogens with one attached hydrogen (secondary N) is 2. The van der Waals surface area contributed by atoms with Crippen LogP contribution in [-0.4, -0.2) is 27.7 Å². The standard InChI is InChI=1S/C17H19BrN2O5S/c1-3-24-16-10-9-14(11-15(16)19-17(21)25-4-2)26(22,23)20-13-7-5-12(18)6-8-13/h5-11,20H,3-4H2,1-2H3,(H,19,21). The van der Waals surface area contributed by atoms with Crippen molar-refractivity contribution >= 4 is 43.4 Å². The Kier molecular flexibility index (Phi) is 6.87. The number of amides is 1. The molecule has 0 radical (unpaired) electrons. The van der Waals surface area contributed by atoms with E-state index in [2.05, 4.69) is 26.0 Å². The van der Waals surface area contributed by atoms with Gasteiger partial charge >= 0.3 is 6.09 Å². The van der Waals surface area contributed by atoms with Gasteiger partial charge in [-0.15, -0.1) is 0 Å². The minimum absolute atomic E-state index is 0.0179. The van der Waals surface area contributed by atoms with E-state index in [1.54, 1.807) is 38.1 Å².